The molecule has 0 aliphatic carbocycles. The van der Waals surface area contributed by atoms with Gasteiger partial charge in [-0.1, -0.05) is 0 Å². The SMILES string of the molecule is COCCOCCCCNCC(=O)NC(C)C. The fourth-order valence-corrected chi connectivity index (χ4v) is 1.27. The van der Waals surface area contributed by atoms with Gasteiger partial charge in [-0.3, -0.25) is 4.79 Å². The molecule has 2 N–H and O–H groups in total. The van der Waals surface area contributed by atoms with Crippen molar-refractivity contribution in [3.05, 3.63) is 0 Å². The van der Waals surface area contributed by atoms with Crippen LogP contribution in [0.25, 0.3) is 0 Å². The number of hydrogen-bond acceptors (Lipinski definition) is 4. The molecule has 1 amide bonds. The summed E-state index contributed by atoms with van der Waals surface area (Å²) in [6.07, 6.45) is 2.02. The lowest BCUT2D eigenvalue weighted by Crippen LogP contribution is -2.37. The predicted molar refractivity (Wildman–Crippen MR) is 68.1 cm³/mol. The van der Waals surface area contributed by atoms with E-state index < -0.39 is 0 Å². The van der Waals surface area contributed by atoms with Gasteiger partial charge < -0.3 is 20.1 Å². The molecule has 5 heteroatoms. The van der Waals surface area contributed by atoms with E-state index in [2.05, 4.69) is 10.6 Å². The van der Waals surface area contributed by atoms with Crippen LogP contribution in [0.15, 0.2) is 0 Å². The molecule has 102 valence electrons. The third-order valence-electron chi connectivity index (χ3n) is 2.06. The molecule has 0 fully saturated rings. The van der Waals surface area contributed by atoms with E-state index in [4.69, 9.17) is 9.47 Å². The minimum atomic E-state index is 0.0522. The minimum Gasteiger partial charge on any atom is -0.382 e. The average Bonchev–Trinajstić information content (AvgIpc) is 2.26. The highest BCUT2D eigenvalue weighted by Gasteiger charge is 2.01. The van der Waals surface area contributed by atoms with Crippen molar-refractivity contribution >= 4 is 5.91 Å². The molecule has 5 nitrogen and oxygen atoms in total. The van der Waals surface area contributed by atoms with Gasteiger partial charge >= 0.3 is 0 Å². The smallest absolute Gasteiger partial charge is 0.234 e. The summed E-state index contributed by atoms with van der Waals surface area (Å²) in [6.45, 7) is 7.20. The molecule has 0 spiro atoms. The fourth-order valence-electron chi connectivity index (χ4n) is 1.27. The van der Waals surface area contributed by atoms with E-state index in [9.17, 15) is 4.79 Å². The monoisotopic (exact) mass is 246 g/mol. The lowest BCUT2D eigenvalue weighted by Gasteiger charge is -2.09. The van der Waals surface area contributed by atoms with E-state index >= 15 is 0 Å². The maximum absolute atomic E-state index is 11.2. The molecule has 0 heterocycles. The van der Waals surface area contributed by atoms with Gasteiger partial charge in [-0.25, -0.2) is 0 Å². The zero-order chi connectivity index (χ0) is 12.9. The maximum atomic E-state index is 11.2. The van der Waals surface area contributed by atoms with Crippen LogP contribution in [0.1, 0.15) is 26.7 Å². The number of amides is 1. The quantitative estimate of drug-likeness (QED) is 0.523. The van der Waals surface area contributed by atoms with Crippen LogP contribution in [0.3, 0.4) is 0 Å². The van der Waals surface area contributed by atoms with Crippen LogP contribution in [0, 0.1) is 0 Å². The van der Waals surface area contributed by atoms with Crippen molar-refractivity contribution in [1.29, 1.82) is 0 Å². The first-order valence-electron chi connectivity index (χ1n) is 6.23. The lowest BCUT2D eigenvalue weighted by atomic mass is 10.3. The van der Waals surface area contributed by atoms with Gasteiger partial charge in [-0.15, -0.1) is 0 Å². The number of ether oxygens (including phenoxy) is 2. The molecule has 0 aromatic rings. The number of carbonyl (C=O) groups excluding carboxylic acids is 1. The molecule has 17 heavy (non-hydrogen) atoms. The first-order valence-corrected chi connectivity index (χ1v) is 6.23. The van der Waals surface area contributed by atoms with E-state index in [-0.39, 0.29) is 11.9 Å². The maximum Gasteiger partial charge on any atom is 0.234 e. The second kappa shape index (κ2) is 11.8. The van der Waals surface area contributed by atoms with Crippen LogP contribution in [-0.2, 0) is 14.3 Å². The molecular formula is C12H26N2O3. The Morgan fingerprint density at radius 3 is 2.59 bits per heavy atom. The van der Waals surface area contributed by atoms with Crippen LogP contribution >= 0.6 is 0 Å². The highest BCUT2D eigenvalue weighted by atomic mass is 16.5. The van der Waals surface area contributed by atoms with Gasteiger partial charge in [-0.2, -0.15) is 0 Å². The zero-order valence-electron chi connectivity index (χ0n) is 11.3. The Morgan fingerprint density at radius 1 is 1.18 bits per heavy atom. The van der Waals surface area contributed by atoms with Gasteiger partial charge in [0.25, 0.3) is 0 Å². The van der Waals surface area contributed by atoms with Crippen molar-refractivity contribution in [2.24, 2.45) is 0 Å². The summed E-state index contributed by atoms with van der Waals surface area (Å²) in [5.41, 5.74) is 0. The van der Waals surface area contributed by atoms with Crippen LogP contribution in [0.5, 0.6) is 0 Å². The number of rotatable bonds is 11. The Hall–Kier alpha value is -0.650. The summed E-state index contributed by atoms with van der Waals surface area (Å²) in [6, 6.07) is 0.207. The summed E-state index contributed by atoms with van der Waals surface area (Å²) in [5, 5.41) is 5.93. The van der Waals surface area contributed by atoms with Crippen LogP contribution in [0.2, 0.25) is 0 Å². The highest BCUT2D eigenvalue weighted by molar-refractivity contribution is 5.78. The first-order chi connectivity index (χ1) is 8.16. The number of methoxy groups -OCH3 is 1. The Kier molecular flexibility index (Phi) is 11.4. The minimum absolute atomic E-state index is 0.0522. The van der Waals surface area contributed by atoms with Crippen molar-refractivity contribution in [1.82, 2.24) is 10.6 Å². The number of unbranched alkanes of at least 4 members (excludes halogenated alkanes) is 1. The Morgan fingerprint density at radius 2 is 1.94 bits per heavy atom. The van der Waals surface area contributed by atoms with E-state index in [1.165, 1.54) is 0 Å². The fraction of sp³-hybridized carbons (Fsp3) is 0.917. The third kappa shape index (κ3) is 13.3. The zero-order valence-corrected chi connectivity index (χ0v) is 11.3. The molecule has 0 atom stereocenters. The highest BCUT2D eigenvalue weighted by Crippen LogP contribution is 1.88. The summed E-state index contributed by atoms with van der Waals surface area (Å²) in [5.74, 6) is 0.0522. The summed E-state index contributed by atoms with van der Waals surface area (Å²) in [7, 11) is 1.66. The molecule has 0 bridgehead atoms. The van der Waals surface area contributed by atoms with E-state index in [1.54, 1.807) is 7.11 Å². The topological polar surface area (TPSA) is 59.6 Å². The number of hydrogen-bond donors (Lipinski definition) is 2. The molecule has 0 rings (SSSR count). The second-order valence-electron chi connectivity index (χ2n) is 4.21. The van der Waals surface area contributed by atoms with Gasteiger partial charge in [0.05, 0.1) is 19.8 Å². The molecule has 0 aromatic carbocycles. The van der Waals surface area contributed by atoms with E-state index in [1.807, 2.05) is 13.8 Å². The van der Waals surface area contributed by atoms with Crippen LogP contribution in [0.4, 0.5) is 0 Å². The molecule has 0 aromatic heterocycles. The van der Waals surface area contributed by atoms with Crippen molar-refractivity contribution in [2.75, 3.05) is 40.0 Å². The molecule has 0 aliphatic rings. The van der Waals surface area contributed by atoms with Gasteiger partial charge in [0.2, 0.25) is 5.91 Å². The first kappa shape index (κ1) is 16.4. The Bertz CT molecular complexity index is 187. The summed E-state index contributed by atoms with van der Waals surface area (Å²) < 4.78 is 10.2. The molecule has 0 unspecified atom stereocenters. The largest absolute Gasteiger partial charge is 0.382 e. The molecule has 0 saturated carbocycles. The Labute approximate surface area is 104 Å². The number of nitrogens with one attached hydrogen (secondary N) is 2. The van der Waals surface area contributed by atoms with Crippen molar-refractivity contribution in [3.8, 4) is 0 Å². The van der Waals surface area contributed by atoms with Crippen molar-refractivity contribution in [2.45, 2.75) is 32.7 Å². The van der Waals surface area contributed by atoms with E-state index in [0.717, 1.165) is 26.0 Å². The third-order valence-corrected chi connectivity index (χ3v) is 2.06. The van der Waals surface area contributed by atoms with Gasteiger partial charge in [0.1, 0.15) is 0 Å². The standard InChI is InChI=1S/C12H26N2O3/c1-11(2)14-12(15)10-13-6-4-5-7-17-9-8-16-3/h11,13H,4-10H2,1-3H3,(H,14,15). The number of carbonyl (C=O) groups is 1. The molecule has 0 aliphatic heterocycles. The second-order valence-corrected chi connectivity index (χ2v) is 4.21. The van der Waals surface area contributed by atoms with Gasteiger partial charge in [-0.05, 0) is 33.2 Å². The van der Waals surface area contributed by atoms with Crippen molar-refractivity contribution < 1.29 is 14.3 Å². The van der Waals surface area contributed by atoms with Gasteiger partial charge in [0.15, 0.2) is 0 Å². The van der Waals surface area contributed by atoms with Gasteiger partial charge in [0, 0.05) is 19.8 Å². The molecule has 0 radical (unpaired) electrons. The predicted octanol–water partition coefficient (Wildman–Crippen LogP) is 0.544. The lowest BCUT2D eigenvalue weighted by molar-refractivity contribution is -0.120. The Balaban J connectivity index is 3.10. The summed E-state index contributed by atoms with van der Waals surface area (Å²) >= 11 is 0. The molecular weight excluding hydrogens is 220 g/mol. The van der Waals surface area contributed by atoms with Crippen molar-refractivity contribution in [3.63, 3.8) is 0 Å². The normalized spacial score (nSPS) is 10.8. The summed E-state index contributed by atoms with van der Waals surface area (Å²) in [4.78, 5) is 11.2. The van der Waals surface area contributed by atoms with Crippen LogP contribution < -0.4 is 10.6 Å². The van der Waals surface area contributed by atoms with E-state index in [0.29, 0.717) is 19.8 Å². The van der Waals surface area contributed by atoms with Crippen LogP contribution in [-0.4, -0.2) is 52.0 Å². The average molecular weight is 246 g/mol. The molecule has 0 saturated heterocycles.